The van der Waals surface area contributed by atoms with Gasteiger partial charge in [0.05, 0.1) is 41.8 Å². The molecular weight excluding hydrogens is 467 g/mol. The van der Waals surface area contributed by atoms with Crippen LogP contribution < -0.4 is 9.64 Å². The summed E-state index contributed by atoms with van der Waals surface area (Å²) in [6.07, 6.45) is 0.124. The number of anilines is 1. The fraction of sp³-hybridized carbons (Fsp3) is 0.300. The largest absolute Gasteiger partial charge is 0.497 e. The van der Waals surface area contributed by atoms with Crippen molar-refractivity contribution in [2.45, 2.75) is 17.7 Å². The monoisotopic (exact) mass is 484 g/mol. The number of hydrogen-bond acceptors (Lipinski definition) is 5. The normalized spacial score (nSPS) is 23.6. The minimum absolute atomic E-state index is 0.0147. The molecular formula is C20H18Cl2N2O4S2. The summed E-state index contributed by atoms with van der Waals surface area (Å²) in [7, 11) is -1.59. The number of nitrogens with zero attached hydrogens (tertiary/aromatic N) is 2. The van der Waals surface area contributed by atoms with Crippen molar-refractivity contribution in [1.29, 1.82) is 0 Å². The van der Waals surface area contributed by atoms with Gasteiger partial charge in [-0.2, -0.15) is 4.99 Å². The molecule has 2 heterocycles. The zero-order valence-electron chi connectivity index (χ0n) is 15.9. The molecule has 0 N–H and O–H groups in total. The number of amidine groups is 1. The fourth-order valence-electron chi connectivity index (χ4n) is 3.58. The van der Waals surface area contributed by atoms with Crippen molar-refractivity contribution in [3.05, 3.63) is 58.1 Å². The van der Waals surface area contributed by atoms with Gasteiger partial charge in [0, 0.05) is 10.3 Å². The van der Waals surface area contributed by atoms with Gasteiger partial charge in [-0.3, -0.25) is 4.79 Å². The Morgan fingerprint density at radius 1 is 1.20 bits per heavy atom. The van der Waals surface area contributed by atoms with Gasteiger partial charge in [0.2, 0.25) is 0 Å². The second kappa shape index (κ2) is 8.42. The van der Waals surface area contributed by atoms with E-state index in [1.807, 2.05) is 12.1 Å². The van der Waals surface area contributed by atoms with Gasteiger partial charge in [-0.1, -0.05) is 47.1 Å². The lowest BCUT2D eigenvalue weighted by Gasteiger charge is -2.25. The lowest BCUT2D eigenvalue weighted by Crippen LogP contribution is -2.38. The third-order valence-corrected chi connectivity index (χ3v) is 8.73. The summed E-state index contributed by atoms with van der Waals surface area (Å²) >= 11 is 13.8. The third kappa shape index (κ3) is 4.46. The number of sulfone groups is 1. The molecule has 1 amide bonds. The highest BCUT2D eigenvalue weighted by Crippen LogP contribution is 2.43. The summed E-state index contributed by atoms with van der Waals surface area (Å²) in [5.41, 5.74) is 1.36. The molecule has 2 aliphatic rings. The van der Waals surface area contributed by atoms with Crippen LogP contribution in [0.5, 0.6) is 5.75 Å². The number of aliphatic imine (C=N–C) groups is 1. The second-order valence-corrected chi connectivity index (χ2v) is 11.3. The Morgan fingerprint density at radius 3 is 2.63 bits per heavy atom. The maximum Gasteiger partial charge on any atom is 0.252 e. The molecule has 2 unspecified atom stereocenters. The van der Waals surface area contributed by atoms with Gasteiger partial charge in [0.1, 0.15) is 5.75 Å². The number of thioether (sulfide) groups is 1. The Kier molecular flexibility index (Phi) is 6.03. The number of carbonyl (C=O) groups is 1. The van der Waals surface area contributed by atoms with Crippen molar-refractivity contribution < 1.29 is 17.9 Å². The van der Waals surface area contributed by atoms with Crippen LogP contribution in [0, 0.1) is 0 Å². The SMILES string of the molecule is COc1ccc(CC(=O)N=C2SC3CS(=O)(=O)CC3N2c2cc(Cl)ccc2Cl)cc1. The molecule has 2 aromatic carbocycles. The number of amides is 1. The van der Waals surface area contributed by atoms with Crippen LogP contribution in [0.15, 0.2) is 47.5 Å². The molecule has 0 saturated carbocycles. The van der Waals surface area contributed by atoms with E-state index in [9.17, 15) is 13.2 Å². The topological polar surface area (TPSA) is 76.0 Å². The van der Waals surface area contributed by atoms with E-state index in [1.54, 1.807) is 42.3 Å². The summed E-state index contributed by atoms with van der Waals surface area (Å²) in [4.78, 5) is 18.7. The van der Waals surface area contributed by atoms with Crippen LogP contribution in [0.1, 0.15) is 5.56 Å². The predicted octanol–water partition coefficient (Wildman–Crippen LogP) is 3.85. The van der Waals surface area contributed by atoms with Gasteiger partial charge in [-0.15, -0.1) is 0 Å². The van der Waals surface area contributed by atoms with E-state index >= 15 is 0 Å². The highest BCUT2D eigenvalue weighted by Gasteiger charge is 2.49. The molecule has 0 radical (unpaired) electrons. The molecule has 2 saturated heterocycles. The number of halogens is 2. The summed E-state index contributed by atoms with van der Waals surface area (Å²) in [5.74, 6) is 0.412. The van der Waals surface area contributed by atoms with Crippen LogP contribution >= 0.6 is 35.0 Å². The smallest absolute Gasteiger partial charge is 0.252 e. The van der Waals surface area contributed by atoms with Crippen molar-refractivity contribution in [3.63, 3.8) is 0 Å². The lowest BCUT2D eigenvalue weighted by atomic mass is 10.1. The number of carbonyl (C=O) groups excluding carboxylic acids is 1. The van der Waals surface area contributed by atoms with E-state index in [2.05, 4.69) is 4.99 Å². The van der Waals surface area contributed by atoms with Gasteiger partial charge in [-0.25, -0.2) is 8.42 Å². The number of hydrogen-bond donors (Lipinski definition) is 0. The minimum atomic E-state index is -3.17. The highest BCUT2D eigenvalue weighted by atomic mass is 35.5. The van der Waals surface area contributed by atoms with Crippen molar-refractivity contribution in [1.82, 2.24) is 0 Å². The van der Waals surface area contributed by atoms with Gasteiger partial charge in [0.25, 0.3) is 5.91 Å². The molecule has 0 spiro atoms. The molecule has 0 bridgehead atoms. The average Bonchev–Trinajstić information content (AvgIpc) is 3.15. The van der Waals surface area contributed by atoms with Crippen LogP contribution in [0.4, 0.5) is 5.69 Å². The Labute approximate surface area is 189 Å². The number of rotatable bonds is 4. The van der Waals surface area contributed by atoms with E-state index in [0.29, 0.717) is 26.6 Å². The zero-order chi connectivity index (χ0) is 21.5. The van der Waals surface area contributed by atoms with Crippen molar-refractivity contribution in [2.24, 2.45) is 4.99 Å². The maximum absolute atomic E-state index is 12.7. The lowest BCUT2D eigenvalue weighted by molar-refractivity contribution is -0.117. The first-order valence-corrected chi connectivity index (χ1v) is 12.6. The van der Waals surface area contributed by atoms with Crippen LogP contribution in [0.2, 0.25) is 10.0 Å². The number of methoxy groups -OCH3 is 1. The van der Waals surface area contributed by atoms with E-state index in [4.69, 9.17) is 27.9 Å². The highest BCUT2D eigenvalue weighted by molar-refractivity contribution is 8.16. The van der Waals surface area contributed by atoms with E-state index in [-0.39, 0.29) is 35.1 Å². The number of benzene rings is 2. The summed E-state index contributed by atoms with van der Waals surface area (Å²) in [5, 5.41) is 1.12. The van der Waals surface area contributed by atoms with Crippen LogP contribution in [-0.2, 0) is 21.1 Å². The second-order valence-electron chi connectivity index (χ2n) is 7.08. The van der Waals surface area contributed by atoms with Crippen LogP contribution in [0.3, 0.4) is 0 Å². The van der Waals surface area contributed by atoms with E-state index < -0.39 is 9.84 Å². The molecule has 2 aliphatic heterocycles. The minimum Gasteiger partial charge on any atom is -0.497 e. The molecule has 2 atom stereocenters. The molecule has 30 heavy (non-hydrogen) atoms. The third-order valence-electron chi connectivity index (χ3n) is 4.97. The molecule has 10 heteroatoms. The Hall–Kier alpha value is -1.74. The van der Waals surface area contributed by atoms with Crippen molar-refractivity contribution in [3.8, 4) is 5.75 Å². The van der Waals surface area contributed by atoms with Crippen molar-refractivity contribution >= 4 is 61.6 Å². The van der Waals surface area contributed by atoms with E-state index in [1.165, 1.54) is 11.8 Å². The first-order valence-electron chi connectivity index (χ1n) is 9.11. The molecule has 2 fully saturated rings. The van der Waals surface area contributed by atoms with Crippen LogP contribution in [0.25, 0.3) is 0 Å². The Balaban J connectivity index is 1.64. The Bertz CT molecular complexity index is 1120. The first-order chi connectivity index (χ1) is 14.3. The average molecular weight is 485 g/mol. The zero-order valence-corrected chi connectivity index (χ0v) is 19.1. The molecule has 0 aliphatic carbocycles. The molecule has 0 aromatic heterocycles. The molecule has 4 rings (SSSR count). The standard InChI is InChI=1S/C20H18Cl2N2O4S2/c1-28-14-5-2-12(3-6-14)8-19(25)23-20-24(16-9-13(21)4-7-15(16)22)17-10-30(26,27)11-18(17)29-20/h2-7,9,17-18H,8,10-11H2,1H3. The van der Waals surface area contributed by atoms with Crippen molar-refractivity contribution in [2.75, 3.05) is 23.5 Å². The molecule has 2 aromatic rings. The quantitative estimate of drug-likeness (QED) is 0.655. The number of fused-ring (bicyclic) bond motifs is 1. The molecule has 6 nitrogen and oxygen atoms in total. The number of ether oxygens (including phenoxy) is 1. The van der Waals surface area contributed by atoms with Gasteiger partial charge in [-0.05, 0) is 35.9 Å². The molecule has 158 valence electrons. The Morgan fingerprint density at radius 2 is 1.93 bits per heavy atom. The fourth-order valence-corrected chi connectivity index (χ4v) is 7.88. The first kappa shape index (κ1) is 21.5. The summed E-state index contributed by atoms with van der Waals surface area (Å²) in [6, 6.07) is 11.8. The predicted molar refractivity (Wildman–Crippen MR) is 122 cm³/mol. The maximum atomic E-state index is 12.7. The van der Waals surface area contributed by atoms with Crippen LogP contribution in [-0.4, -0.2) is 49.4 Å². The van der Waals surface area contributed by atoms with Gasteiger partial charge in [0.15, 0.2) is 15.0 Å². The summed E-state index contributed by atoms with van der Waals surface area (Å²) in [6.45, 7) is 0. The summed E-state index contributed by atoms with van der Waals surface area (Å²) < 4.78 is 29.5. The van der Waals surface area contributed by atoms with Gasteiger partial charge >= 0.3 is 0 Å². The van der Waals surface area contributed by atoms with E-state index in [0.717, 1.165) is 5.56 Å². The van der Waals surface area contributed by atoms with Gasteiger partial charge < -0.3 is 9.64 Å².